The fourth-order valence-electron chi connectivity index (χ4n) is 2.73. The molecule has 0 spiro atoms. The van der Waals surface area contributed by atoms with Gasteiger partial charge in [0.2, 0.25) is 0 Å². The maximum absolute atomic E-state index is 12.8. The molecule has 1 aromatic heterocycles. The van der Waals surface area contributed by atoms with Crippen LogP contribution in [0, 0.1) is 0 Å². The third-order valence-electron chi connectivity index (χ3n) is 4.10. The van der Waals surface area contributed by atoms with Crippen LogP contribution in [0.3, 0.4) is 0 Å². The number of nitrogens with one attached hydrogen (secondary N) is 2. The smallest absolute Gasteiger partial charge is 0.328 e. The highest BCUT2D eigenvalue weighted by atomic mass is 16.3. The van der Waals surface area contributed by atoms with E-state index < -0.39 is 17.1 Å². The lowest BCUT2D eigenvalue weighted by molar-refractivity contribution is -0.858. The van der Waals surface area contributed by atoms with Gasteiger partial charge < -0.3 is 14.6 Å². The second-order valence-electron chi connectivity index (χ2n) is 6.50. The highest BCUT2D eigenvalue weighted by molar-refractivity contribution is 6.01. The van der Waals surface area contributed by atoms with Crippen LogP contribution in [-0.4, -0.2) is 42.4 Å². The third kappa shape index (κ3) is 4.92. The van der Waals surface area contributed by atoms with E-state index in [2.05, 4.69) is 24.1 Å². The van der Waals surface area contributed by atoms with Gasteiger partial charge in [-0.3, -0.25) is 14.8 Å². The molecular weight excluding hydrogens is 332 g/mol. The average Bonchev–Trinajstić information content (AvgIpc) is 2.61. The normalized spacial score (nSPS) is 11.9. The van der Waals surface area contributed by atoms with E-state index in [1.54, 1.807) is 0 Å². The number of aromatic nitrogens is 2. The van der Waals surface area contributed by atoms with E-state index >= 15 is 0 Å². The Morgan fingerprint density at radius 2 is 1.92 bits per heavy atom. The Morgan fingerprint density at radius 3 is 2.54 bits per heavy atom. The van der Waals surface area contributed by atoms with Gasteiger partial charge >= 0.3 is 5.69 Å². The zero-order chi connectivity index (χ0) is 19.1. The van der Waals surface area contributed by atoms with Crippen molar-refractivity contribution in [3.8, 4) is 5.88 Å². The first-order chi connectivity index (χ1) is 12.4. The van der Waals surface area contributed by atoms with E-state index in [-0.39, 0.29) is 12.1 Å². The van der Waals surface area contributed by atoms with Crippen molar-refractivity contribution in [2.75, 3.05) is 27.2 Å². The van der Waals surface area contributed by atoms with E-state index in [1.807, 2.05) is 37.3 Å². The number of hydrogen-bond donors (Lipinski definition) is 2. The van der Waals surface area contributed by atoms with E-state index in [0.717, 1.165) is 23.1 Å². The molecule has 0 atom stereocenters. The second-order valence-corrected chi connectivity index (χ2v) is 6.50. The number of aromatic amines is 1. The largest absolute Gasteiger partial charge is 0.859 e. The van der Waals surface area contributed by atoms with Gasteiger partial charge in [-0.25, -0.2) is 4.79 Å². The highest BCUT2D eigenvalue weighted by Gasteiger charge is 2.13. The van der Waals surface area contributed by atoms with Gasteiger partial charge in [0.15, 0.2) is 0 Å². The Labute approximate surface area is 152 Å². The number of quaternary nitrogens is 1. The Bertz CT molecular complexity index is 867. The fraction of sp³-hybridized carbons (Fsp3) is 0.421. The fourth-order valence-corrected chi connectivity index (χ4v) is 2.73. The average molecular weight is 358 g/mol. The number of aliphatic imine (C=N–C) groups is 1. The second kappa shape index (κ2) is 9.15. The molecule has 0 aliphatic carbocycles. The van der Waals surface area contributed by atoms with Crippen molar-refractivity contribution < 1.29 is 10.0 Å². The van der Waals surface area contributed by atoms with Crippen molar-refractivity contribution in [1.29, 1.82) is 0 Å². The molecule has 7 nitrogen and oxygen atoms in total. The first-order valence-electron chi connectivity index (χ1n) is 8.84. The van der Waals surface area contributed by atoms with Crippen LogP contribution in [0.5, 0.6) is 5.88 Å². The predicted molar refractivity (Wildman–Crippen MR) is 100 cm³/mol. The molecule has 2 N–H and O–H groups in total. The Kier molecular flexibility index (Phi) is 6.91. The summed E-state index contributed by atoms with van der Waals surface area (Å²) in [5.74, 6) is -0.582. The molecular formula is C19H26N4O3. The molecule has 0 saturated heterocycles. The summed E-state index contributed by atoms with van der Waals surface area (Å²) in [6, 6.07) is 9.19. The number of rotatable bonds is 8. The summed E-state index contributed by atoms with van der Waals surface area (Å²) in [5, 5.41) is 12.8. The van der Waals surface area contributed by atoms with Crippen LogP contribution in [0.1, 0.15) is 30.9 Å². The minimum atomic E-state index is -0.695. The van der Waals surface area contributed by atoms with Gasteiger partial charge in [-0.15, -0.1) is 0 Å². The highest BCUT2D eigenvalue weighted by Crippen LogP contribution is 2.12. The molecule has 1 heterocycles. The van der Waals surface area contributed by atoms with Crippen molar-refractivity contribution in [3.63, 3.8) is 0 Å². The molecule has 0 fully saturated rings. The SMILES string of the molecule is CCC(=NCCC[NH+](C)C)c1c([O-])n(Cc2ccccc2)c(=O)[nH]c1=O. The molecule has 2 rings (SSSR count). The lowest BCUT2D eigenvalue weighted by atomic mass is 10.1. The molecule has 7 heteroatoms. The van der Waals surface area contributed by atoms with Gasteiger partial charge in [-0.05, 0) is 17.9 Å². The van der Waals surface area contributed by atoms with Crippen molar-refractivity contribution >= 4 is 5.71 Å². The first-order valence-corrected chi connectivity index (χ1v) is 8.84. The summed E-state index contributed by atoms with van der Waals surface area (Å²) in [4.78, 5) is 32.4. The maximum Gasteiger partial charge on any atom is 0.328 e. The Morgan fingerprint density at radius 1 is 1.23 bits per heavy atom. The third-order valence-corrected chi connectivity index (χ3v) is 4.10. The van der Waals surface area contributed by atoms with Gasteiger partial charge in [0, 0.05) is 18.7 Å². The zero-order valence-electron chi connectivity index (χ0n) is 15.5. The van der Waals surface area contributed by atoms with Crippen LogP contribution in [-0.2, 0) is 6.54 Å². The summed E-state index contributed by atoms with van der Waals surface area (Å²) in [7, 11) is 4.12. The molecule has 0 amide bonds. The molecule has 0 bridgehead atoms. The van der Waals surface area contributed by atoms with Crippen molar-refractivity contribution in [2.45, 2.75) is 26.3 Å². The van der Waals surface area contributed by atoms with Gasteiger partial charge in [-0.1, -0.05) is 37.3 Å². The molecule has 0 aliphatic heterocycles. The summed E-state index contributed by atoms with van der Waals surface area (Å²) >= 11 is 0. The minimum absolute atomic E-state index is 0.0276. The molecule has 0 radical (unpaired) electrons. The molecule has 1 aromatic carbocycles. The van der Waals surface area contributed by atoms with Crippen LogP contribution in [0.2, 0.25) is 0 Å². The van der Waals surface area contributed by atoms with Crippen LogP contribution in [0.15, 0.2) is 44.9 Å². The molecule has 0 unspecified atom stereocenters. The van der Waals surface area contributed by atoms with Crippen LogP contribution < -0.4 is 21.3 Å². The number of hydrogen-bond acceptors (Lipinski definition) is 4. The van der Waals surface area contributed by atoms with E-state index in [4.69, 9.17) is 0 Å². The monoisotopic (exact) mass is 358 g/mol. The summed E-state index contributed by atoms with van der Waals surface area (Å²) < 4.78 is 1.06. The van der Waals surface area contributed by atoms with E-state index in [9.17, 15) is 14.7 Å². The maximum atomic E-state index is 12.8. The minimum Gasteiger partial charge on any atom is -0.859 e. The quantitative estimate of drug-likeness (QED) is 0.487. The summed E-state index contributed by atoms with van der Waals surface area (Å²) in [6.07, 6.45) is 1.32. The number of benzene rings is 1. The van der Waals surface area contributed by atoms with Gasteiger partial charge in [0.05, 0.1) is 32.7 Å². The topological polar surface area (TPSA) is 94.7 Å². The van der Waals surface area contributed by atoms with E-state index in [0.29, 0.717) is 18.7 Å². The van der Waals surface area contributed by atoms with Gasteiger partial charge in [0.25, 0.3) is 5.56 Å². The predicted octanol–water partition coefficient (Wildman–Crippen LogP) is -0.608. The number of nitrogens with zero attached hydrogens (tertiary/aromatic N) is 2. The van der Waals surface area contributed by atoms with Gasteiger partial charge in [0.1, 0.15) is 0 Å². The zero-order valence-corrected chi connectivity index (χ0v) is 15.5. The Hall–Kier alpha value is -2.67. The van der Waals surface area contributed by atoms with Gasteiger partial charge in [-0.2, -0.15) is 0 Å². The van der Waals surface area contributed by atoms with E-state index in [1.165, 1.54) is 4.90 Å². The molecule has 26 heavy (non-hydrogen) atoms. The molecule has 0 aliphatic rings. The molecule has 2 aromatic rings. The van der Waals surface area contributed by atoms with Crippen LogP contribution in [0.4, 0.5) is 0 Å². The van der Waals surface area contributed by atoms with Crippen molar-refractivity contribution in [1.82, 2.24) is 9.55 Å². The van der Waals surface area contributed by atoms with Crippen LogP contribution in [0.25, 0.3) is 0 Å². The molecule has 140 valence electrons. The van der Waals surface area contributed by atoms with Crippen molar-refractivity contribution in [2.24, 2.45) is 4.99 Å². The van der Waals surface area contributed by atoms with Crippen molar-refractivity contribution in [3.05, 3.63) is 62.3 Å². The Balaban J connectivity index is 2.38. The lowest BCUT2D eigenvalue weighted by Crippen LogP contribution is -3.05. The molecule has 0 saturated carbocycles. The lowest BCUT2D eigenvalue weighted by Gasteiger charge is -2.20. The van der Waals surface area contributed by atoms with Crippen LogP contribution >= 0.6 is 0 Å². The standard InChI is InChI=1S/C19H26N4O3/c1-4-15(20-11-8-12-22(2)3)16-17(24)21-19(26)23(18(16)25)13-14-9-6-5-7-10-14/h5-7,9-10,25H,4,8,11-13H2,1-3H3,(H,21,24,26). The summed E-state index contributed by atoms with van der Waals surface area (Å²) in [5.41, 5.74) is -0.122. The summed E-state index contributed by atoms with van der Waals surface area (Å²) in [6.45, 7) is 3.46. The first kappa shape index (κ1) is 19.7. The number of H-pyrrole nitrogens is 1.